The molecule has 35 heavy (non-hydrogen) atoms. The number of methoxy groups -OCH3 is 1. The molecule has 6 heteroatoms. The number of carbonyl (C=O) groups is 2. The number of ether oxygens (including phenoxy) is 2. The van der Waals surface area contributed by atoms with Crippen molar-refractivity contribution >= 4 is 22.8 Å². The summed E-state index contributed by atoms with van der Waals surface area (Å²) in [6.07, 6.45) is -0.984. The van der Waals surface area contributed by atoms with Crippen LogP contribution >= 0.6 is 0 Å². The summed E-state index contributed by atoms with van der Waals surface area (Å²) in [5, 5.41) is 14.1. The highest BCUT2D eigenvalue weighted by atomic mass is 16.5. The Labute approximate surface area is 203 Å². The number of hydrogen-bond donors (Lipinski definition) is 2. The van der Waals surface area contributed by atoms with E-state index < -0.39 is 18.1 Å². The fourth-order valence-electron chi connectivity index (χ4n) is 5.00. The van der Waals surface area contributed by atoms with Crippen molar-refractivity contribution in [3.05, 3.63) is 102 Å². The molecule has 0 radical (unpaired) electrons. The fourth-order valence-corrected chi connectivity index (χ4v) is 5.00. The molecule has 0 saturated carbocycles. The zero-order chi connectivity index (χ0) is 24.4. The van der Waals surface area contributed by atoms with E-state index in [9.17, 15) is 14.7 Å². The van der Waals surface area contributed by atoms with Crippen LogP contribution in [0.2, 0.25) is 0 Å². The lowest BCUT2D eigenvalue weighted by atomic mass is 9.95. The van der Waals surface area contributed by atoms with Gasteiger partial charge in [0.25, 0.3) is 0 Å². The van der Waals surface area contributed by atoms with E-state index in [1.54, 1.807) is 6.07 Å². The third kappa shape index (κ3) is 4.30. The molecular formula is C29H25NO5. The van der Waals surface area contributed by atoms with Crippen molar-refractivity contribution in [1.29, 1.82) is 0 Å². The van der Waals surface area contributed by atoms with Crippen LogP contribution in [0.15, 0.2) is 84.9 Å². The van der Waals surface area contributed by atoms with Crippen LogP contribution in [0, 0.1) is 0 Å². The molecule has 5 rings (SSSR count). The first kappa shape index (κ1) is 22.5. The molecule has 176 valence electrons. The topological polar surface area (TPSA) is 84.9 Å². The third-order valence-corrected chi connectivity index (χ3v) is 6.51. The van der Waals surface area contributed by atoms with Crippen molar-refractivity contribution in [3.63, 3.8) is 0 Å². The Bertz CT molecular complexity index is 1370. The molecule has 6 nitrogen and oxygen atoms in total. The number of carbonyl (C=O) groups excluding carboxylic acids is 1. The fraction of sp³-hybridized carbons (Fsp3) is 0.172. The monoisotopic (exact) mass is 467 g/mol. The average molecular weight is 468 g/mol. The van der Waals surface area contributed by atoms with Crippen molar-refractivity contribution < 1.29 is 24.2 Å². The van der Waals surface area contributed by atoms with E-state index in [1.165, 1.54) is 7.11 Å². The van der Waals surface area contributed by atoms with Crippen LogP contribution in [0.4, 0.5) is 4.79 Å². The van der Waals surface area contributed by atoms with E-state index >= 15 is 0 Å². The van der Waals surface area contributed by atoms with Gasteiger partial charge in [0, 0.05) is 11.5 Å². The van der Waals surface area contributed by atoms with Gasteiger partial charge in [-0.2, -0.15) is 0 Å². The van der Waals surface area contributed by atoms with Gasteiger partial charge in [-0.15, -0.1) is 0 Å². The minimum absolute atomic E-state index is 0.0850. The van der Waals surface area contributed by atoms with Gasteiger partial charge in [-0.05, 0) is 39.1 Å². The van der Waals surface area contributed by atoms with Crippen molar-refractivity contribution in [3.8, 4) is 16.9 Å². The lowest BCUT2D eigenvalue weighted by Gasteiger charge is -2.22. The Balaban J connectivity index is 1.40. The number of nitrogens with one attached hydrogen (secondary N) is 1. The first-order valence-corrected chi connectivity index (χ1v) is 11.5. The summed E-state index contributed by atoms with van der Waals surface area (Å²) in [5.41, 5.74) is 5.11. The molecule has 1 aliphatic rings. The number of rotatable bonds is 7. The minimum Gasteiger partial charge on any atom is -0.496 e. The SMILES string of the molecule is COc1ccc2ccccc2c1C(CC(=O)O)NC(=O)OCC1c2ccccc2-c2ccccc21. The van der Waals surface area contributed by atoms with Gasteiger partial charge in [0.05, 0.1) is 19.6 Å². The molecule has 0 heterocycles. The lowest BCUT2D eigenvalue weighted by molar-refractivity contribution is -0.137. The van der Waals surface area contributed by atoms with Crippen LogP contribution in [-0.4, -0.2) is 30.9 Å². The summed E-state index contributed by atoms with van der Waals surface area (Å²) in [4.78, 5) is 24.7. The van der Waals surface area contributed by atoms with E-state index in [0.717, 1.165) is 33.0 Å². The van der Waals surface area contributed by atoms with Gasteiger partial charge in [0.1, 0.15) is 12.4 Å². The average Bonchev–Trinajstić information content (AvgIpc) is 3.20. The molecule has 0 spiro atoms. The molecule has 0 aromatic heterocycles. The molecule has 4 aromatic rings. The highest BCUT2D eigenvalue weighted by molar-refractivity contribution is 5.89. The summed E-state index contributed by atoms with van der Waals surface area (Å²) in [5.74, 6) is -0.615. The number of carboxylic acid groups (broad SMARTS) is 1. The molecule has 1 unspecified atom stereocenters. The number of fused-ring (bicyclic) bond motifs is 4. The van der Waals surface area contributed by atoms with Gasteiger partial charge < -0.3 is 19.9 Å². The number of hydrogen-bond acceptors (Lipinski definition) is 4. The Kier molecular flexibility index (Phi) is 6.10. The smallest absolute Gasteiger partial charge is 0.407 e. The Hall–Kier alpha value is -4.32. The normalized spacial score (nSPS) is 13.1. The van der Waals surface area contributed by atoms with Crippen molar-refractivity contribution in [2.45, 2.75) is 18.4 Å². The van der Waals surface area contributed by atoms with Gasteiger partial charge in [-0.3, -0.25) is 4.79 Å². The second kappa shape index (κ2) is 9.50. The number of amides is 1. The molecule has 0 bridgehead atoms. The van der Waals surface area contributed by atoms with Crippen LogP contribution < -0.4 is 10.1 Å². The van der Waals surface area contributed by atoms with Gasteiger partial charge in [-0.25, -0.2) is 4.79 Å². The van der Waals surface area contributed by atoms with Crippen molar-refractivity contribution in [2.24, 2.45) is 0 Å². The van der Waals surface area contributed by atoms with Crippen LogP contribution in [-0.2, 0) is 9.53 Å². The standard InChI is InChI=1S/C29H25NO5/c1-34-26-15-14-18-8-2-3-9-19(18)28(26)25(16-27(31)32)30-29(33)35-17-24-22-12-6-4-10-20(22)21-11-5-7-13-23(21)24/h2-15,24-25H,16-17H2,1H3,(H,30,33)(H,31,32). The molecule has 1 aliphatic carbocycles. The first-order valence-electron chi connectivity index (χ1n) is 11.5. The number of aliphatic carboxylic acids is 1. The van der Waals surface area contributed by atoms with Gasteiger partial charge in [0.2, 0.25) is 0 Å². The van der Waals surface area contributed by atoms with Gasteiger partial charge >= 0.3 is 12.1 Å². The minimum atomic E-state index is -1.04. The maximum atomic E-state index is 13.0. The van der Waals surface area contributed by atoms with Gasteiger partial charge in [-0.1, -0.05) is 78.9 Å². The van der Waals surface area contributed by atoms with E-state index in [1.807, 2.05) is 54.6 Å². The molecule has 0 saturated heterocycles. The van der Waals surface area contributed by atoms with Crippen LogP contribution in [0.3, 0.4) is 0 Å². The maximum Gasteiger partial charge on any atom is 0.407 e. The Morgan fingerprint density at radius 3 is 2.17 bits per heavy atom. The highest BCUT2D eigenvalue weighted by Crippen LogP contribution is 2.44. The number of alkyl carbamates (subject to hydrolysis) is 1. The second-order valence-electron chi connectivity index (χ2n) is 8.52. The second-order valence-corrected chi connectivity index (χ2v) is 8.52. The van der Waals surface area contributed by atoms with E-state index in [4.69, 9.17) is 9.47 Å². The summed E-state index contributed by atoms with van der Waals surface area (Å²) in [7, 11) is 1.53. The van der Waals surface area contributed by atoms with E-state index in [2.05, 4.69) is 29.6 Å². The number of carboxylic acids is 1. The van der Waals surface area contributed by atoms with Gasteiger partial charge in [0.15, 0.2) is 0 Å². The van der Waals surface area contributed by atoms with Crippen molar-refractivity contribution in [1.82, 2.24) is 5.32 Å². The summed E-state index contributed by atoms with van der Waals surface area (Å²) in [6, 6.07) is 26.7. The molecule has 2 N–H and O–H groups in total. The largest absolute Gasteiger partial charge is 0.496 e. The van der Waals surface area contributed by atoms with E-state index in [-0.39, 0.29) is 18.9 Å². The molecule has 0 aliphatic heterocycles. The quantitative estimate of drug-likeness (QED) is 0.353. The Morgan fingerprint density at radius 2 is 1.51 bits per heavy atom. The predicted molar refractivity (Wildman–Crippen MR) is 134 cm³/mol. The summed E-state index contributed by atoms with van der Waals surface area (Å²) < 4.78 is 11.2. The first-order chi connectivity index (χ1) is 17.1. The van der Waals surface area contributed by atoms with Crippen LogP contribution in [0.1, 0.15) is 35.1 Å². The molecule has 1 atom stereocenters. The lowest BCUT2D eigenvalue weighted by Crippen LogP contribution is -2.32. The third-order valence-electron chi connectivity index (χ3n) is 6.51. The number of benzene rings is 4. The van der Waals surface area contributed by atoms with Crippen LogP contribution in [0.5, 0.6) is 5.75 Å². The molecule has 1 amide bonds. The maximum absolute atomic E-state index is 13.0. The zero-order valence-electron chi connectivity index (χ0n) is 19.2. The van der Waals surface area contributed by atoms with Crippen molar-refractivity contribution in [2.75, 3.05) is 13.7 Å². The Morgan fingerprint density at radius 1 is 0.886 bits per heavy atom. The molecule has 0 fully saturated rings. The highest BCUT2D eigenvalue weighted by Gasteiger charge is 2.30. The predicted octanol–water partition coefficient (Wildman–Crippen LogP) is 5.90. The van der Waals surface area contributed by atoms with Crippen LogP contribution in [0.25, 0.3) is 21.9 Å². The summed E-state index contributed by atoms with van der Waals surface area (Å²) >= 11 is 0. The summed E-state index contributed by atoms with van der Waals surface area (Å²) in [6.45, 7) is 0.145. The molecular weight excluding hydrogens is 442 g/mol. The zero-order valence-corrected chi connectivity index (χ0v) is 19.2. The van der Waals surface area contributed by atoms with E-state index in [0.29, 0.717) is 11.3 Å². The molecule has 4 aromatic carbocycles.